The van der Waals surface area contributed by atoms with Gasteiger partial charge < -0.3 is 24.8 Å². The standard InChI is InChI=1S/C23H39N3O3/c1-4-5-13-27-17-18-29-16-12-25-22(24-3)26-19-23(10-14-28-15-11-23)21-9-7-6-8-20(21)2/h6-9H,4-5,10-19H2,1-3H3,(H2,24,25,26). The van der Waals surface area contributed by atoms with Crippen LogP contribution in [-0.2, 0) is 19.6 Å². The van der Waals surface area contributed by atoms with Crippen molar-refractivity contribution in [1.29, 1.82) is 0 Å². The Morgan fingerprint density at radius 3 is 2.48 bits per heavy atom. The Hall–Kier alpha value is -1.63. The summed E-state index contributed by atoms with van der Waals surface area (Å²) in [7, 11) is 1.81. The van der Waals surface area contributed by atoms with Crippen LogP contribution in [0.15, 0.2) is 29.3 Å². The summed E-state index contributed by atoms with van der Waals surface area (Å²) < 4.78 is 16.8. The molecule has 0 unspecified atom stereocenters. The maximum Gasteiger partial charge on any atom is 0.191 e. The first-order valence-electron chi connectivity index (χ1n) is 11.0. The van der Waals surface area contributed by atoms with Gasteiger partial charge in [0.15, 0.2) is 5.96 Å². The summed E-state index contributed by atoms with van der Waals surface area (Å²) in [5.74, 6) is 0.812. The van der Waals surface area contributed by atoms with Crippen LogP contribution in [0.5, 0.6) is 0 Å². The third-order valence-corrected chi connectivity index (χ3v) is 5.54. The molecule has 0 atom stereocenters. The maximum atomic E-state index is 5.65. The van der Waals surface area contributed by atoms with E-state index in [0.717, 1.165) is 64.6 Å². The Morgan fingerprint density at radius 1 is 1.07 bits per heavy atom. The van der Waals surface area contributed by atoms with Crippen molar-refractivity contribution < 1.29 is 14.2 Å². The molecule has 1 saturated heterocycles. The molecule has 1 fully saturated rings. The molecular formula is C23H39N3O3. The largest absolute Gasteiger partial charge is 0.381 e. The van der Waals surface area contributed by atoms with Gasteiger partial charge in [-0.2, -0.15) is 0 Å². The van der Waals surface area contributed by atoms with Gasteiger partial charge >= 0.3 is 0 Å². The van der Waals surface area contributed by atoms with Crippen LogP contribution in [-0.4, -0.2) is 65.7 Å². The van der Waals surface area contributed by atoms with Crippen molar-refractivity contribution >= 4 is 5.96 Å². The first-order chi connectivity index (χ1) is 14.2. The van der Waals surface area contributed by atoms with Crippen LogP contribution >= 0.6 is 0 Å². The molecule has 29 heavy (non-hydrogen) atoms. The molecule has 164 valence electrons. The number of ether oxygens (including phenoxy) is 3. The van der Waals surface area contributed by atoms with Crippen molar-refractivity contribution in [3.05, 3.63) is 35.4 Å². The van der Waals surface area contributed by atoms with Crippen LogP contribution in [0.2, 0.25) is 0 Å². The Labute approximate surface area is 176 Å². The molecule has 2 N–H and O–H groups in total. The molecule has 6 nitrogen and oxygen atoms in total. The van der Waals surface area contributed by atoms with Gasteiger partial charge in [-0.05, 0) is 37.3 Å². The van der Waals surface area contributed by atoms with E-state index < -0.39 is 0 Å². The molecular weight excluding hydrogens is 366 g/mol. The predicted octanol–water partition coefficient (Wildman–Crippen LogP) is 3.04. The quantitative estimate of drug-likeness (QED) is 0.318. The smallest absolute Gasteiger partial charge is 0.191 e. The fraction of sp³-hybridized carbons (Fsp3) is 0.696. The summed E-state index contributed by atoms with van der Waals surface area (Å²) >= 11 is 0. The zero-order chi connectivity index (χ0) is 20.8. The highest BCUT2D eigenvalue weighted by atomic mass is 16.5. The lowest BCUT2D eigenvalue weighted by Crippen LogP contribution is -2.48. The highest BCUT2D eigenvalue weighted by Gasteiger charge is 2.35. The summed E-state index contributed by atoms with van der Waals surface area (Å²) in [6.07, 6.45) is 4.31. The van der Waals surface area contributed by atoms with E-state index in [2.05, 4.69) is 53.7 Å². The van der Waals surface area contributed by atoms with Crippen LogP contribution < -0.4 is 10.6 Å². The fourth-order valence-corrected chi connectivity index (χ4v) is 3.75. The van der Waals surface area contributed by atoms with Gasteiger partial charge in [0, 0.05) is 45.4 Å². The number of aliphatic imine (C=N–C) groups is 1. The van der Waals surface area contributed by atoms with Gasteiger partial charge in [-0.25, -0.2) is 0 Å². The number of guanidine groups is 1. The number of benzene rings is 1. The number of nitrogens with one attached hydrogen (secondary N) is 2. The molecule has 0 bridgehead atoms. The van der Waals surface area contributed by atoms with Gasteiger partial charge in [0.1, 0.15) is 0 Å². The highest BCUT2D eigenvalue weighted by Crippen LogP contribution is 2.36. The van der Waals surface area contributed by atoms with Crippen LogP contribution in [0.3, 0.4) is 0 Å². The van der Waals surface area contributed by atoms with Crippen molar-refractivity contribution in [2.75, 3.05) is 59.8 Å². The molecule has 1 aromatic carbocycles. The summed E-state index contributed by atoms with van der Waals surface area (Å²) in [4.78, 5) is 4.37. The van der Waals surface area contributed by atoms with Crippen LogP contribution in [0.4, 0.5) is 0 Å². The second kappa shape index (κ2) is 13.6. The highest BCUT2D eigenvalue weighted by molar-refractivity contribution is 5.79. The molecule has 6 heteroatoms. The number of nitrogens with zero attached hydrogens (tertiary/aromatic N) is 1. The zero-order valence-corrected chi connectivity index (χ0v) is 18.5. The Kier molecular flexibility index (Phi) is 11.1. The van der Waals surface area contributed by atoms with Gasteiger partial charge in [-0.3, -0.25) is 4.99 Å². The average molecular weight is 406 g/mol. The third-order valence-electron chi connectivity index (χ3n) is 5.54. The molecule has 2 rings (SSSR count). The summed E-state index contributed by atoms with van der Waals surface area (Å²) in [6, 6.07) is 8.70. The second-order valence-electron chi connectivity index (χ2n) is 7.64. The van der Waals surface area contributed by atoms with Gasteiger partial charge in [0.25, 0.3) is 0 Å². The minimum atomic E-state index is 0.0769. The monoisotopic (exact) mass is 405 g/mol. The first-order valence-corrected chi connectivity index (χ1v) is 11.0. The Bertz CT molecular complexity index is 601. The second-order valence-corrected chi connectivity index (χ2v) is 7.64. The first kappa shape index (κ1) is 23.6. The van der Waals surface area contributed by atoms with Crippen LogP contribution in [0, 0.1) is 6.92 Å². The lowest BCUT2D eigenvalue weighted by Gasteiger charge is -2.39. The number of unbranched alkanes of at least 4 members (excludes halogenated alkanes) is 1. The zero-order valence-electron chi connectivity index (χ0n) is 18.5. The van der Waals surface area contributed by atoms with E-state index in [1.807, 2.05) is 7.05 Å². The SMILES string of the molecule is CCCCOCCOCCNC(=NC)NCC1(c2ccccc2C)CCOCC1. The van der Waals surface area contributed by atoms with E-state index in [4.69, 9.17) is 14.2 Å². The van der Waals surface area contributed by atoms with E-state index in [9.17, 15) is 0 Å². The van der Waals surface area contributed by atoms with E-state index >= 15 is 0 Å². The molecule has 0 aliphatic carbocycles. The van der Waals surface area contributed by atoms with Gasteiger partial charge in [-0.15, -0.1) is 0 Å². The fourth-order valence-electron chi connectivity index (χ4n) is 3.75. The predicted molar refractivity (Wildman–Crippen MR) is 119 cm³/mol. The molecule has 1 aromatic rings. The third kappa shape index (κ3) is 7.96. The van der Waals surface area contributed by atoms with Crippen molar-refractivity contribution in [3.8, 4) is 0 Å². The summed E-state index contributed by atoms with van der Waals surface area (Å²) in [5, 5.41) is 6.88. The number of aryl methyl sites for hydroxylation is 1. The Morgan fingerprint density at radius 2 is 1.79 bits per heavy atom. The number of hydrogen-bond acceptors (Lipinski definition) is 4. The minimum Gasteiger partial charge on any atom is -0.381 e. The lowest BCUT2D eigenvalue weighted by atomic mass is 9.72. The maximum absolute atomic E-state index is 5.65. The Balaban J connectivity index is 1.75. The summed E-state index contributed by atoms with van der Waals surface area (Å²) in [5.41, 5.74) is 2.83. The van der Waals surface area contributed by atoms with Crippen molar-refractivity contribution in [3.63, 3.8) is 0 Å². The molecule has 0 radical (unpaired) electrons. The summed E-state index contributed by atoms with van der Waals surface area (Å²) in [6.45, 7) is 10.3. The van der Waals surface area contributed by atoms with E-state index in [1.165, 1.54) is 11.1 Å². The van der Waals surface area contributed by atoms with Gasteiger partial charge in [0.05, 0.1) is 19.8 Å². The minimum absolute atomic E-state index is 0.0769. The molecule has 0 saturated carbocycles. The van der Waals surface area contributed by atoms with Crippen molar-refractivity contribution in [2.45, 2.75) is 44.9 Å². The molecule has 1 heterocycles. The molecule has 0 spiro atoms. The van der Waals surface area contributed by atoms with E-state index in [-0.39, 0.29) is 5.41 Å². The van der Waals surface area contributed by atoms with E-state index in [0.29, 0.717) is 19.8 Å². The lowest BCUT2D eigenvalue weighted by molar-refractivity contribution is 0.0484. The molecule has 1 aliphatic heterocycles. The molecule has 1 aliphatic rings. The topological polar surface area (TPSA) is 64.1 Å². The molecule has 0 amide bonds. The van der Waals surface area contributed by atoms with Crippen LogP contribution in [0.1, 0.15) is 43.7 Å². The molecule has 0 aromatic heterocycles. The van der Waals surface area contributed by atoms with Crippen molar-refractivity contribution in [1.82, 2.24) is 10.6 Å². The normalized spacial score (nSPS) is 16.6. The van der Waals surface area contributed by atoms with Gasteiger partial charge in [-0.1, -0.05) is 37.6 Å². The van der Waals surface area contributed by atoms with Crippen LogP contribution in [0.25, 0.3) is 0 Å². The van der Waals surface area contributed by atoms with Crippen molar-refractivity contribution in [2.24, 2.45) is 4.99 Å². The average Bonchev–Trinajstić information content (AvgIpc) is 2.75. The number of hydrogen-bond donors (Lipinski definition) is 2. The van der Waals surface area contributed by atoms with E-state index in [1.54, 1.807) is 0 Å². The number of rotatable bonds is 12. The van der Waals surface area contributed by atoms with Gasteiger partial charge in [0.2, 0.25) is 0 Å².